The Labute approximate surface area is 155 Å². The van der Waals surface area contributed by atoms with Crippen molar-refractivity contribution in [2.45, 2.75) is 51.5 Å². The molecule has 4 fully saturated rings. The van der Waals surface area contributed by atoms with Gasteiger partial charge in [-0.05, 0) is 31.1 Å². The number of aliphatic hydroxyl groups is 1. The zero-order valence-electron chi connectivity index (χ0n) is 12.9. The van der Waals surface area contributed by atoms with Crippen molar-refractivity contribution in [3.63, 3.8) is 0 Å². The number of fused-ring (bicyclic) bond motifs is 4. The summed E-state index contributed by atoms with van der Waals surface area (Å²) in [6.45, 7) is 0. The van der Waals surface area contributed by atoms with Crippen LogP contribution < -0.4 is 0 Å². The van der Waals surface area contributed by atoms with Crippen LogP contribution in [0.5, 0.6) is 0 Å². The lowest BCUT2D eigenvalue weighted by Gasteiger charge is -2.36. The van der Waals surface area contributed by atoms with Crippen LogP contribution in [0.4, 0.5) is 8.78 Å². The summed E-state index contributed by atoms with van der Waals surface area (Å²) in [5.74, 6) is -3.19. The van der Waals surface area contributed by atoms with Gasteiger partial charge in [0.1, 0.15) is 6.10 Å². The zero-order valence-corrected chi connectivity index (χ0v) is 15.4. The van der Waals surface area contributed by atoms with Gasteiger partial charge < -0.3 is 14.6 Å². The van der Waals surface area contributed by atoms with Crippen molar-refractivity contribution in [3.8, 4) is 0 Å². The first-order valence-electron chi connectivity index (χ1n) is 7.75. The van der Waals surface area contributed by atoms with Crippen molar-refractivity contribution in [1.82, 2.24) is 0 Å². The summed E-state index contributed by atoms with van der Waals surface area (Å²) in [6.07, 6.45) is -0.696. The second-order valence-corrected chi connectivity index (χ2v) is 11.5. The number of rotatable bonds is 3. The van der Waals surface area contributed by atoms with Gasteiger partial charge in [-0.15, -0.1) is 11.8 Å². The molecule has 7 atom stereocenters. The number of ether oxygens (including phenoxy) is 2. The zero-order chi connectivity index (χ0) is 19.1. The van der Waals surface area contributed by atoms with Crippen LogP contribution in [0.1, 0.15) is 19.3 Å². The van der Waals surface area contributed by atoms with Crippen LogP contribution in [-0.2, 0) is 29.2 Å². The summed E-state index contributed by atoms with van der Waals surface area (Å²) in [7, 11) is -5.89. The van der Waals surface area contributed by atoms with E-state index in [4.69, 9.17) is 14.0 Å². The van der Waals surface area contributed by atoms with Gasteiger partial charge in [-0.3, -0.25) is 4.55 Å². The maximum absolute atomic E-state index is 13.4. The molecule has 0 aromatic rings. The SMILES string of the molecule is O=C1OC2SC3(CC4CC3CC4OC(=O)C(F)(F)S(=O)(=O)O)SC2C1O. The summed E-state index contributed by atoms with van der Waals surface area (Å²) < 4.78 is 65.9. The Bertz CT molecular complexity index is 773. The molecule has 1 spiro atoms. The number of hydrogen-bond acceptors (Lipinski definition) is 9. The summed E-state index contributed by atoms with van der Waals surface area (Å²) in [6, 6.07) is 0. The van der Waals surface area contributed by atoms with Crippen LogP contribution in [0.3, 0.4) is 0 Å². The van der Waals surface area contributed by atoms with Crippen LogP contribution >= 0.6 is 23.5 Å². The Morgan fingerprint density at radius 3 is 2.58 bits per heavy atom. The molecular formula is C13H14F2O8S3. The van der Waals surface area contributed by atoms with Gasteiger partial charge in [-0.25, -0.2) is 9.59 Å². The second kappa shape index (κ2) is 5.69. The van der Waals surface area contributed by atoms with E-state index in [-0.39, 0.29) is 22.3 Å². The number of hydrogen-bond donors (Lipinski definition) is 2. The second-order valence-electron chi connectivity index (χ2n) is 6.83. The third-order valence-corrected chi connectivity index (χ3v) is 10.1. The topological polar surface area (TPSA) is 127 Å². The molecule has 2 aliphatic carbocycles. The van der Waals surface area contributed by atoms with E-state index in [0.717, 1.165) is 0 Å². The Hall–Kier alpha value is -0.630. The molecule has 0 aromatic heterocycles. The van der Waals surface area contributed by atoms with Crippen molar-refractivity contribution >= 4 is 45.6 Å². The third-order valence-electron chi connectivity index (χ3n) is 5.32. The predicted octanol–water partition coefficient (Wildman–Crippen LogP) is 0.597. The minimum absolute atomic E-state index is 0.0174. The van der Waals surface area contributed by atoms with Gasteiger partial charge in [0, 0.05) is 0 Å². The molecule has 2 aliphatic heterocycles. The molecule has 2 bridgehead atoms. The maximum Gasteiger partial charge on any atom is 0.465 e. The average Bonchev–Trinajstić information content (AvgIpc) is 3.22. The molecule has 4 rings (SSSR count). The molecule has 2 saturated heterocycles. The third kappa shape index (κ3) is 2.58. The lowest BCUT2D eigenvalue weighted by Crippen LogP contribution is -2.43. The van der Waals surface area contributed by atoms with Crippen molar-refractivity contribution in [2.24, 2.45) is 11.8 Å². The number of alkyl halides is 2. The Kier molecular flexibility index (Phi) is 4.10. The van der Waals surface area contributed by atoms with Gasteiger partial charge >= 0.3 is 27.3 Å². The highest BCUT2D eigenvalue weighted by molar-refractivity contribution is 8.22. The summed E-state index contributed by atoms with van der Waals surface area (Å²) >= 11 is 2.87. The number of carbonyl (C=O) groups is 2. The van der Waals surface area contributed by atoms with E-state index < -0.39 is 50.2 Å². The highest BCUT2D eigenvalue weighted by Crippen LogP contribution is 2.70. The number of aliphatic hydroxyl groups excluding tert-OH is 1. The van der Waals surface area contributed by atoms with Crippen molar-refractivity contribution in [2.75, 3.05) is 0 Å². The first-order chi connectivity index (χ1) is 11.9. The molecule has 26 heavy (non-hydrogen) atoms. The summed E-state index contributed by atoms with van der Waals surface area (Å²) in [5.41, 5.74) is -0.466. The quantitative estimate of drug-likeness (QED) is 0.483. The Morgan fingerprint density at radius 2 is 2.04 bits per heavy atom. The van der Waals surface area contributed by atoms with Gasteiger partial charge in [0.15, 0.2) is 11.5 Å². The molecule has 2 heterocycles. The first kappa shape index (κ1) is 18.7. The van der Waals surface area contributed by atoms with E-state index in [1.54, 1.807) is 0 Å². The molecule has 0 radical (unpaired) electrons. The molecular weight excluding hydrogens is 418 g/mol. The van der Waals surface area contributed by atoms with E-state index in [0.29, 0.717) is 12.8 Å². The van der Waals surface area contributed by atoms with Gasteiger partial charge in [-0.1, -0.05) is 11.8 Å². The van der Waals surface area contributed by atoms with E-state index in [1.807, 2.05) is 0 Å². The van der Waals surface area contributed by atoms with Gasteiger partial charge in [0.2, 0.25) is 0 Å². The van der Waals surface area contributed by atoms with Crippen LogP contribution in [0, 0.1) is 11.8 Å². The van der Waals surface area contributed by atoms with Crippen LogP contribution in [-0.4, -0.2) is 62.2 Å². The van der Waals surface area contributed by atoms with Gasteiger partial charge in [0.05, 0.1) is 9.33 Å². The number of esters is 2. The fourth-order valence-corrected chi connectivity index (χ4v) is 8.65. The van der Waals surface area contributed by atoms with Crippen molar-refractivity contribution in [3.05, 3.63) is 0 Å². The average molecular weight is 432 g/mol. The predicted molar refractivity (Wildman–Crippen MR) is 84.8 cm³/mol. The Morgan fingerprint density at radius 1 is 1.35 bits per heavy atom. The largest absolute Gasteiger partial charge is 0.465 e. The minimum atomic E-state index is -5.89. The van der Waals surface area contributed by atoms with Crippen molar-refractivity contribution < 1.29 is 45.9 Å². The number of thioether (sulfide) groups is 2. The fraction of sp³-hybridized carbons (Fsp3) is 0.846. The number of halogens is 2. The molecule has 13 heteroatoms. The van der Waals surface area contributed by atoms with Crippen LogP contribution in [0.2, 0.25) is 0 Å². The fourth-order valence-electron chi connectivity index (χ4n) is 4.14. The molecule has 146 valence electrons. The van der Waals surface area contributed by atoms with E-state index in [2.05, 4.69) is 0 Å². The number of carbonyl (C=O) groups excluding carboxylic acids is 2. The monoisotopic (exact) mass is 432 g/mol. The lowest BCUT2D eigenvalue weighted by atomic mass is 9.96. The highest BCUT2D eigenvalue weighted by Gasteiger charge is 2.66. The minimum Gasteiger partial charge on any atom is -0.457 e. The molecule has 2 N–H and O–H groups in total. The van der Waals surface area contributed by atoms with E-state index in [1.165, 1.54) is 23.5 Å². The highest BCUT2D eigenvalue weighted by atomic mass is 32.2. The normalized spacial score (nSPS) is 44.4. The smallest absolute Gasteiger partial charge is 0.457 e. The van der Waals surface area contributed by atoms with Crippen LogP contribution in [0.15, 0.2) is 0 Å². The molecule has 0 aromatic carbocycles. The summed E-state index contributed by atoms with van der Waals surface area (Å²) in [5, 5.41) is 4.48. The van der Waals surface area contributed by atoms with Gasteiger partial charge in [0.25, 0.3) is 0 Å². The standard InChI is InChI=1S/C13H14F2O8S3/c14-13(15,26(19,20)21)11(18)22-6-2-5-1-4(6)3-12(5)24-8-7(16)9(17)23-10(8)25-12/h4-8,10,16H,1-3H2,(H,19,20,21). The molecule has 7 unspecified atom stereocenters. The first-order valence-corrected chi connectivity index (χ1v) is 10.9. The molecule has 2 saturated carbocycles. The maximum atomic E-state index is 13.4. The molecule has 4 aliphatic rings. The molecule has 8 nitrogen and oxygen atoms in total. The van der Waals surface area contributed by atoms with Crippen LogP contribution in [0.25, 0.3) is 0 Å². The Balaban J connectivity index is 1.42. The molecule has 0 amide bonds. The van der Waals surface area contributed by atoms with E-state index >= 15 is 0 Å². The lowest BCUT2D eigenvalue weighted by molar-refractivity contribution is -0.169. The summed E-state index contributed by atoms with van der Waals surface area (Å²) in [4.78, 5) is 22.9. The van der Waals surface area contributed by atoms with Crippen molar-refractivity contribution in [1.29, 1.82) is 0 Å². The van der Waals surface area contributed by atoms with E-state index in [9.17, 15) is 31.9 Å². The van der Waals surface area contributed by atoms with Gasteiger partial charge in [-0.2, -0.15) is 17.2 Å².